The van der Waals surface area contributed by atoms with Crippen molar-refractivity contribution in [2.24, 2.45) is 0 Å². The predicted molar refractivity (Wildman–Crippen MR) is 66.1 cm³/mol. The van der Waals surface area contributed by atoms with Gasteiger partial charge in [0.25, 0.3) is 0 Å². The standard InChI is InChI=1S/C11H12ClFN2O2S/c1-8(5-6-14)15(2)18(16,17)11-7-9(13)3-4-10(11)12/h3-4,7-8H,5H2,1-2H3. The minimum absolute atomic E-state index is 0.0443. The van der Waals surface area contributed by atoms with Crippen molar-refractivity contribution in [3.05, 3.63) is 29.0 Å². The van der Waals surface area contributed by atoms with Crippen molar-refractivity contribution in [1.82, 2.24) is 4.31 Å². The molecule has 0 saturated heterocycles. The molecule has 0 saturated carbocycles. The number of sulfonamides is 1. The highest BCUT2D eigenvalue weighted by molar-refractivity contribution is 7.89. The summed E-state index contributed by atoms with van der Waals surface area (Å²) < 4.78 is 38.5. The average molecular weight is 291 g/mol. The van der Waals surface area contributed by atoms with Crippen LogP contribution in [-0.2, 0) is 10.0 Å². The SMILES string of the molecule is CC(CC#N)N(C)S(=O)(=O)c1cc(F)ccc1Cl. The van der Waals surface area contributed by atoms with Crippen molar-refractivity contribution >= 4 is 21.6 Å². The number of halogens is 2. The number of hydrogen-bond donors (Lipinski definition) is 0. The second-order valence-corrected chi connectivity index (χ2v) is 6.18. The number of hydrogen-bond acceptors (Lipinski definition) is 3. The summed E-state index contributed by atoms with van der Waals surface area (Å²) in [5, 5.41) is 8.51. The van der Waals surface area contributed by atoms with E-state index in [2.05, 4.69) is 0 Å². The molecule has 1 aromatic rings. The zero-order valence-corrected chi connectivity index (χ0v) is 11.5. The number of rotatable bonds is 4. The van der Waals surface area contributed by atoms with Gasteiger partial charge in [0.05, 0.1) is 17.5 Å². The van der Waals surface area contributed by atoms with E-state index in [0.29, 0.717) is 0 Å². The van der Waals surface area contributed by atoms with E-state index in [4.69, 9.17) is 16.9 Å². The van der Waals surface area contributed by atoms with Crippen LogP contribution in [0.25, 0.3) is 0 Å². The van der Waals surface area contributed by atoms with Crippen molar-refractivity contribution in [2.75, 3.05) is 7.05 Å². The lowest BCUT2D eigenvalue weighted by molar-refractivity contribution is 0.393. The van der Waals surface area contributed by atoms with Crippen molar-refractivity contribution in [1.29, 1.82) is 5.26 Å². The Kier molecular flexibility index (Phi) is 4.68. The van der Waals surface area contributed by atoms with Crippen molar-refractivity contribution < 1.29 is 12.8 Å². The smallest absolute Gasteiger partial charge is 0.207 e. The van der Waals surface area contributed by atoms with Gasteiger partial charge < -0.3 is 0 Å². The Morgan fingerprint density at radius 3 is 2.72 bits per heavy atom. The van der Waals surface area contributed by atoms with Gasteiger partial charge in [-0.25, -0.2) is 12.8 Å². The topological polar surface area (TPSA) is 61.2 Å². The molecule has 4 nitrogen and oxygen atoms in total. The Labute approximate surface area is 111 Å². The lowest BCUT2D eigenvalue weighted by Crippen LogP contribution is -2.35. The molecule has 7 heteroatoms. The first kappa shape index (κ1) is 14.9. The normalized spacial score (nSPS) is 13.3. The molecular formula is C11H12ClFN2O2S. The Bertz CT molecular complexity index is 583. The molecule has 0 bridgehead atoms. The maximum absolute atomic E-state index is 13.1. The van der Waals surface area contributed by atoms with Crippen LogP contribution >= 0.6 is 11.6 Å². The fraction of sp³-hybridized carbons (Fsp3) is 0.364. The van der Waals surface area contributed by atoms with E-state index in [9.17, 15) is 12.8 Å². The molecule has 18 heavy (non-hydrogen) atoms. The second-order valence-electron chi connectivity index (χ2n) is 3.81. The van der Waals surface area contributed by atoms with Gasteiger partial charge in [-0.15, -0.1) is 0 Å². The molecule has 98 valence electrons. The molecule has 1 aromatic carbocycles. The Hall–Kier alpha value is -1.16. The van der Waals surface area contributed by atoms with Crippen LogP contribution in [0.15, 0.2) is 23.1 Å². The maximum Gasteiger partial charge on any atom is 0.244 e. The van der Waals surface area contributed by atoms with Gasteiger partial charge in [0.2, 0.25) is 10.0 Å². The van der Waals surface area contributed by atoms with Gasteiger partial charge >= 0.3 is 0 Å². The summed E-state index contributed by atoms with van der Waals surface area (Å²) in [6.07, 6.45) is 0.0443. The summed E-state index contributed by atoms with van der Waals surface area (Å²) in [5.41, 5.74) is 0. The van der Waals surface area contributed by atoms with E-state index in [-0.39, 0.29) is 16.3 Å². The van der Waals surface area contributed by atoms with Gasteiger partial charge in [0, 0.05) is 13.1 Å². The van der Waals surface area contributed by atoms with Gasteiger partial charge in [-0.2, -0.15) is 9.57 Å². The molecule has 1 unspecified atom stereocenters. The third kappa shape index (κ3) is 2.99. The Morgan fingerprint density at radius 1 is 1.56 bits per heavy atom. The largest absolute Gasteiger partial charge is 0.244 e. The predicted octanol–water partition coefficient (Wildman–Crippen LogP) is 2.40. The maximum atomic E-state index is 13.1. The average Bonchev–Trinajstić information content (AvgIpc) is 2.31. The van der Waals surface area contributed by atoms with Crippen LogP contribution in [0.2, 0.25) is 5.02 Å². The Balaban J connectivity index is 3.22. The van der Waals surface area contributed by atoms with E-state index in [0.717, 1.165) is 16.4 Å². The molecule has 0 aliphatic rings. The minimum atomic E-state index is -3.90. The lowest BCUT2D eigenvalue weighted by Gasteiger charge is -2.22. The minimum Gasteiger partial charge on any atom is -0.207 e. The molecule has 0 aromatic heterocycles. The zero-order valence-electron chi connectivity index (χ0n) is 9.89. The van der Waals surface area contributed by atoms with Crippen molar-refractivity contribution in [2.45, 2.75) is 24.3 Å². The van der Waals surface area contributed by atoms with Gasteiger partial charge in [-0.3, -0.25) is 0 Å². The quantitative estimate of drug-likeness (QED) is 0.855. The number of nitriles is 1. The first-order chi connectivity index (χ1) is 8.30. The van der Waals surface area contributed by atoms with Crippen molar-refractivity contribution in [3.63, 3.8) is 0 Å². The number of benzene rings is 1. The summed E-state index contributed by atoms with van der Waals surface area (Å²) in [6.45, 7) is 1.59. The van der Waals surface area contributed by atoms with Crippen molar-refractivity contribution in [3.8, 4) is 6.07 Å². The summed E-state index contributed by atoms with van der Waals surface area (Å²) >= 11 is 5.77. The fourth-order valence-electron chi connectivity index (χ4n) is 1.33. The van der Waals surface area contributed by atoms with Crippen LogP contribution in [0.4, 0.5) is 4.39 Å². The van der Waals surface area contributed by atoms with E-state index in [1.807, 2.05) is 6.07 Å². The molecule has 0 fully saturated rings. The molecule has 0 N–H and O–H groups in total. The summed E-state index contributed by atoms with van der Waals surface area (Å²) in [4.78, 5) is -0.295. The van der Waals surface area contributed by atoms with Gasteiger partial charge in [0.1, 0.15) is 10.7 Å². The molecule has 0 aliphatic heterocycles. The molecule has 1 rings (SSSR count). The van der Waals surface area contributed by atoms with E-state index >= 15 is 0 Å². The molecule has 0 radical (unpaired) electrons. The van der Waals surface area contributed by atoms with Crippen LogP contribution in [-0.4, -0.2) is 25.8 Å². The second kappa shape index (κ2) is 5.65. The van der Waals surface area contributed by atoms with Crippen LogP contribution in [0.1, 0.15) is 13.3 Å². The molecule has 0 heterocycles. The van der Waals surface area contributed by atoms with E-state index < -0.39 is 21.9 Å². The summed E-state index contributed by atoms with van der Waals surface area (Å²) in [6, 6.07) is 4.51. The van der Waals surface area contributed by atoms with Gasteiger partial charge in [-0.1, -0.05) is 11.6 Å². The van der Waals surface area contributed by atoms with E-state index in [1.165, 1.54) is 13.1 Å². The van der Waals surface area contributed by atoms with Gasteiger partial charge in [-0.05, 0) is 25.1 Å². The zero-order chi connectivity index (χ0) is 13.9. The molecule has 0 aliphatic carbocycles. The molecule has 1 atom stereocenters. The number of nitrogens with zero attached hydrogens (tertiary/aromatic N) is 2. The highest BCUT2D eigenvalue weighted by Gasteiger charge is 2.27. The van der Waals surface area contributed by atoms with Gasteiger partial charge in [0.15, 0.2) is 0 Å². The van der Waals surface area contributed by atoms with Crippen LogP contribution in [0.5, 0.6) is 0 Å². The summed E-state index contributed by atoms with van der Waals surface area (Å²) in [5.74, 6) is -0.681. The first-order valence-corrected chi connectivity index (χ1v) is 6.92. The van der Waals surface area contributed by atoms with Crippen LogP contribution < -0.4 is 0 Å². The highest BCUT2D eigenvalue weighted by Crippen LogP contribution is 2.26. The molecule has 0 spiro atoms. The van der Waals surface area contributed by atoms with Crippen LogP contribution in [0, 0.1) is 17.1 Å². The molecule has 0 amide bonds. The highest BCUT2D eigenvalue weighted by atomic mass is 35.5. The monoisotopic (exact) mass is 290 g/mol. The Morgan fingerprint density at radius 2 is 2.17 bits per heavy atom. The van der Waals surface area contributed by atoms with E-state index in [1.54, 1.807) is 6.92 Å². The molecular weight excluding hydrogens is 279 g/mol. The third-order valence-corrected chi connectivity index (χ3v) is 5.01. The fourth-order valence-corrected chi connectivity index (χ4v) is 3.17. The van der Waals surface area contributed by atoms with Crippen LogP contribution in [0.3, 0.4) is 0 Å². The summed E-state index contributed by atoms with van der Waals surface area (Å²) in [7, 11) is -2.57. The first-order valence-electron chi connectivity index (χ1n) is 5.10. The lowest BCUT2D eigenvalue weighted by atomic mass is 10.3. The third-order valence-electron chi connectivity index (χ3n) is 2.56.